The third-order valence-corrected chi connectivity index (χ3v) is 5.94. The summed E-state index contributed by atoms with van der Waals surface area (Å²) in [6.45, 7) is 3.12. The molecule has 0 aliphatic rings. The van der Waals surface area contributed by atoms with Crippen molar-refractivity contribution in [2.45, 2.75) is 18.7 Å². The summed E-state index contributed by atoms with van der Waals surface area (Å²) in [5.74, 6) is -0.491. The molecule has 0 saturated heterocycles. The van der Waals surface area contributed by atoms with Crippen LogP contribution in [0.1, 0.15) is 21.6 Å². The van der Waals surface area contributed by atoms with Crippen molar-refractivity contribution >= 4 is 33.4 Å². The number of para-hydroxylation sites is 1. The minimum atomic E-state index is -3.89. The number of nitrogens with one attached hydrogen (secondary N) is 3. The summed E-state index contributed by atoms with van der Waals surface area (Å²) >= 11 is 0. The number of aromatic nitrogens is 1. The van der Waals surface area contributed by atoms with Gasteiger partial charge in [-0.25, -0.2) is 13.1 Å². The van der Waals surface area contributed by atoms with Crippen molar-refractivity contribution in [1.82, 2.24) is 10.5 Å². The van der Waals surface area contributed by atoms with Gasteiger partial charge in [-0.2, -0.15) is 0 Å². The fourth-order valence-corrected chi connectivity index (χ4v) is 3.75. The normalized spacial score (nSPS) is 11.0. The molecule has 0 radical (unpaired) electrons. The summed E-state index contributed by atoms with van der Waals surface area (Å²) in [4.78, 5) is 24.4. The Morgan fingerprint density at radius 3 is 2.38 bits per heavy atom. The first-order valence-electron chi connectivity index (χ1n) is 9.48. The van der Waals surface area contributed by atoms with Gasteiger partial charge >= 0.3 is 0 Å². The molecular formula is C21H22N4O6S. The van der Waals surface area contributed by atoms with E-state index in [0.29, 0.717) is 28.3 Å². The maximum Gasteiger partial charge on any atom is 0.264 e. The van der Waals surface area contributed by atoms with Gasteiger partial charge in [0.15, 0.2) is 0 Å². The lowest BCUT2D eigenvalue weighted by Crippen LogP contribution is -2.33. The van der Waals surface area contributed by atoms with Crippen molar-refractivity contribution in [1.29, 1.82) is 0 Å². The highest BCUT2D eigenvalue weighted by molar-refractivity contribution is 7.92. The number of carbonyl (C=O) groups is 2. The third kappa shape index (κ3) is 5.24. The molecule has 10 nitrogen and oxygen atoms in total. The minimum absolute atomic E-state index is 0.0200. The lowest BCUT2D eigenvalue weighted by Gasteiger charge is -2.10. The van der Waals surface area contributed by atoms with E-state index in [9.17, 15) is 18.0 Å². The maximum atomic E-state index is 12.5. The van der Waals surface area contributed by atoms with Gasteiger partial charge in [0.05, 0.1) is 29.8 Å². The zero-order valence-corrected chi connectivity index (χ0v) is 18.4. The first-order valence-corrected chi connectivity index (χ1v) is 11.0. The van der Waals surface area contributed by atoms with Crippen LogP contribution in [-0.2, 0) is 14.8 Å². The number of methoxy groups -OCH3 is 1. The number of hydrogen-bond acceptors (Lipinski definition) is 7. The van der Waals surface area contributed by atoms with Gasteiger partial charge < -0.3 is 19.9 Å². The topological polar surface area (TPSA) is 140 Å². The van der Waals surface area contributed by atoms with Crippen LogP contribution >= 0.6 is 0 Å². The van der Waals surface area contributed by atoms with Crippen LogP contribution in [0, 0.1) is 13.8 Å². The Hall–Kier alpha value is -3.86. The van der Waals surface area contributed by atoms with Gasteiger partial charge in [0.2, 0.25) is 11.8 Å². The number of carbonyl (C=O) groups excluding carboxylic acids is 2. The molecule has 32 heavy (non-hydrogen) atoms. The van der Waals surface area contributed by atoms with Gasteiger partial charge in [0.1, 0.15) is 5.75 Å². The van der Waals surface area contributed by atoms with E-state index in [2.05, 4.69) is 20.5 Å². The number of sulfonamides is 1. The second kappa shape index (κ2) is 9.52. The lowest BCUT2D eigenvalue weighted by atomic mass is 10.2. The largest absolute Gasteiger partial charge is 0.496 e. The Morgan fingerprint density at radius 2 is 1.75 bits per heavy atom. The Labute approximate surface area is 185 Å². The molecule has 0 fully saturated rings. The molecule has 0 saturated carbocycles. The molecular weight excluding hydrogens is 436 g/mol. The van der Waals surface area contributed by atoms with Crippen LogP contribution < -0.4 is 20.1 Å². The average molecular weight is 458 g/mol. The monoisotopic (exact) mass is 458 g/mol. The molecule has 1 heterocycles. The summed E-state index contributed by atoms with van der Waals surface area (Å²) in [6.07, 6.45) is 0. The molecule has 1 aromatic heterocycles. The van der Waals surface area contributed by atoms with E-state index in [4.69, 9.17) is 9.26 Å². The van der Waals surface area contributed by atoms with Gasteiger partial charge in [-0.05, 0) is 50.2 Å². The first-order chi connectivity index (χ1) is 15.2. The molecule has 2 amide bonds. The van der Waals surface area contributed by atoms with E-state index in [-0.39, 0.29) is 17.3 Å². The van der Waals surface area contributed by atoms with Crippen molar-refractivity contribution in [2.24, 2.45) is 0 Å². The molecule has 0 aliphatic carbocycles. The molecule has 0 bridgehead atoms. The molecule has 2 aromatic carbocycles. The summed E-state index contributed by atoms with van der Waals surface area (Å²) in [7, 11) is -2.44. The molecule has 0 atom stereocenters. The van der Waals surface area contributed by atoms with E-state index in [1.165, 1.54) is 31.4 Å². The van der Waals surface area contributed by atoms with Crippen molar-refractivity contribution in [3.8, 4) is 5.75 Å². The summed E-state index contributed by atoms with van der Waals surface area (Å²) in [6, 6.07) is 12.2. The first kappa shape index (κ1) is 22.8. The highest BCUT2D eigenvalue weighted by atomic mass is 32.2. The predicted molar refractivity (Wildman–Crippen MR) is 117 cm³/mol. The van der Waals surface area contributed by atoms with Crippen LogP contribution in [-0.4, -0.2) is 39.0 Å². The van der Waals surface area contributed by atoms with Crippen molar-refractivity contribution in [2.75, 3.05) is 23.7 Å². The number of rotatable bonds is 8. The Bertz CT molecular complexity index is 1240. The summed E-state index contributed by atoms with van der Waals surface area (Å²) < 4.78 is 37.5. The van der Waals surface area contributed by atoms with Crippen LogP contribution in [0.3, 0.4) is 0 Å². The number of benzene rings is 2. The van der Waals surface area contributed by atoms with Crippen LogP contribution in [0.4, 0.5) is 11.6 Å². The average Bonchev–Trinajstić information content (AvgIpc) is 3.09. The molecule has 0 unspecified atom stereocenters. The Kier molecular flexibility index (Phi) is 6.79. The van der Waals surface area contributed by atoms with Crippen LogP contribution in [0.15, 0.2) is 57.9 Å². The maximum absolute atomic E-state index is 12.5. The Balaban J connectivity index is 1.58. The van der Waals surface area contributed by atoms with E-state index in [1.807, 2.05) is 0 Å². The van der Waals surface area contributed by atoms with Gasteiger partial charge in [-0.3, -0.25) is 9.59 Å². The number of hydrogen-bond donors (Lipinski definition) is 3. The van der Waals surface area contributed by atoms with E-state index in [0.717, 1.165) is 0 Å². The summed E-state index contributed by atoms with van der Waals surface area (Å²) in [5, 5.41) is 8.81. The van der Waals surface area contributed by atoms with E-state index in [1.54, 1.807) is 38.1 Å². The highest BCUT2D eigenvalue weighted by Crippen LogP contribution is 2.22. The number of aryl methyl sites for hydroxylation is 1. The van der Waals surface area contributed by atoms with E-state index >= 15 is 0 Å². The zero-order valence-electron chi connectivity index (χ0n) is 17.6. The van der Waals surface area contributed by atoms with Crippen molar-refractivity contribution in [3.05, 3.63) is 65.4 Å². The number of amides is 2. The Morgan fingerprint density at radius 1 is 1.06 bits per heavy atom. The van der Waals surface area contributed by atoms with Crippen LogP contribution in [0.5, 0.6) is 5.75 Å². The van der Waals surface area contributed by atoms with E-state index < -0.39 is 21.8 Å². The van der Waals surface area contributed by atoms with Gasteiger partial charge in [-0.1, -0.05) is 17.3 Å². The fourth-order valence-electron chi connectivity index (χ4n) is 2.70. The zero-order chi connectivity index (χ0) is 23.3. The highest BCUT2D eigenvalue weighted by Gasteiger charge is 2.19. The lowest BCUT2D eigenvalue weighted by molar-refractivity contribution is -0.115. The van der Waals surface area contributed by atoms with Crippen LogP contribution in [0.25, 0.3) is 0 Å². The quantitative estimate of drug-likeness (QED) is 0.471. The molecule has 11 heteroatoms. The minimum Gasteiger partial charge on any atom is -0.496 e. The second-order valence-electron chi connectivity index (χ2n) is 6.78. The van der Waals surface area contributed by atoms with Gasteiger partial charge in [0.25, 0.3) is 15.9 Å². The fraction of sp³-hybridized carbons (Fsp3) is 0.190. The third-order valence-electron chi connectivity index (χ3n) is 4.59. The molecule has 0 aliphatic heterocycles. The predicted octanol–water partition coefficient (Wildman–Crippen LogP) is 2.47. The molecule has 168 valence electrons. The second-order valence-corrected chi connectivity index (χ2v) is 8.47. The van der Waals surface area contributed by atoms with Gasteiger partial charge in [0, 0.05) is 11.3 Å². The molecule has 3 N–H and O–H groups in total. The van der Waals surface area contributed by atoms with Crippen LogP contribution in [0.2, 0.25) is 0 Å². The number of nitrogens with zero attached hydrogens (tertiary/aromatic N) is 1. The number of ether oxygens (including phenoxy) is 1. The SMILES string of the molecule is COc1ccccc1C(=O)NCC(=O)Nc1ccc(S(=O)(=O)Nc2onc(C)c2C)cc1. The van der Waals surface area contributed by atoms with Crippen molar-refractivity contribution in [3.63, 3.8) is 0 Å². The smallest absolute Gasteiger partial charge is 0.264 e. The van der Waals surface area contributed by atoms with Gasteiger partial charge in [-0.15, -0.1) is 0 Å². The number of anilines is 2. The molecule has 3 aromatic rings. The van der Waals surface area contributed by atoms with Crippen molar-refractivity contribution < 1.29 is 27.3 Å². The standard InChI is InChI=1S/C21H22N4O6S/c1-13-14(2)24-31-21(13)25-32(28,29)16-10-8-15(9-11-16)23-19(26)12-22-20(27)17-6-4-5-7-18(17)30-3/h4-11,25H,12H2,1-3H3,(H,22,27)(H,23,26). The summed E-state index contributed by atoms with van der Waals surface area (Å²) in [5.41, 5.74) is 1.85. The molecule has 3 rings (SSSR count). The molecule has 0 spiro atoms.